The van der Waals surface area contributed by atoms with Gasteiger partial charge in [-0.1, -0.05) is 50.8 Å². The Hall–Kier alpha value is -1.46. The molecule has 2 unspecified atom stereocenters. The molecule has 1 saturated carbocycles. The quantitative estimate of drug-likeness (QED) is 0.289. The first-order valence-electron chi connectivity index (χ1n) is 10.2. The Bertz CT molecular complexity index is 513. The number of allylic oxidation sites excluding steroid dienone is 1. The van der Waals surface area contributed by atoms with Crippen molar-refractivity contribution in [1.29, 1.82) is 0 Å². The van der Waals surface area contributed by atoms with Crippen molar-refractivity contribution in [3.8, 4) is 0 Å². The number of aliphatic hydroxyl groups is 2. The Morgan fingerprint density at radius 1 is 1.41 bits per heavy atom. The maximum absolute atomic E-state index is 12.2. The number of esters is 1. The van der Waals surface area contributed by atoms with Crippen LogP contribution in [0.4, 0.5) is 0 Å². The van der Waals surface area contributed by atoms with Crippen LogP contribution in [-0.2, 0) is 14.3 Å². The van der Waals surface area contributed by atoms with Crippen molar-refractivity contribution in [1.82, 2.24) is 0 Å². The summed E-state index contributed by atoms with van der Waals surface area (Å²) in [6, 6.07) is 0. The molecule has 0 aromatic carbocycles. The summed E-state index contributed by atoms with van der Waals surface area (Å²) < 4.78 is 4.50. The molecule has 27 heavy (non-hydrogen) atoms. The molecule has 0 radical (unpaired) electrons. The van der Waals surface area contributed by atoms with Gasteiger partial charge < -0.3 is 14.9 Å². The summed E-state index contributed by atoms with van der Waals surface area (Å²) in [4.78, 5) is 23.4. The van der Waals surface area contributed by atoms with Gasteiger partial charge in [0.2, 0.25) is 0 Å². The first kappa shape index (κ1) is 23.6. The number of ketones is 1. The number of carbonyl (C=O) groups excluding carboxylic acids is 2. The van der Waals surface area contributed by atoms with Gasteiger partial charge >= 0.3 is 5.97 Å². The number of unbranched alkanes of at least 4 members (excludes halogenated alkanes) is 2. The molecule has 1 aliphatic rings. The molecule has 0 aromatic heterocycles. The van der Waals surface area contributed by atoms with E-state index in [0.29, 0.717) is 31.5 Å². The Morgan fingerprint density at radius 3 is 2.78 bits per heavy atom. The van der Waals surface area contributed by atoms with E-state index in [-0.39, 0.29) is 11.8 Å². The van der Waals surface area contributed by atoms with Crippen LogP contribution in [0.2, 0.25) is 0 Å². The number of rotatable bonds is 13. The number of hydrogen-bond donors (Lipinski definition) is 2. The summed E-state index contributed by atoms with van der Waals surface area (Å²) in [5.41, 5.74) is -0.857. The third-order valence-corrected chi connectivity index (χ3v) is 5.54. The second-order valence-corrected chi connectivity index (χ2v) is 7.64. The molecule has 0 spiro atoms. The van der Waals surface area contributed by atoms with Gasteiger partial charge in [0.1, 0.15) is 5.78 Å². The molecule has 4 atom stereocenters. The lowest BCUT2D eigenvalue weighted by atomic mass is 9.88. The van der Waals surface area contributed by atoms with Gasteiger partial charge in [0.15, 0.2) is 6.10 Å². The van der Waals surface area contributed by atoms with Crippen molar-refractivity contribution < 1.29 is 24.5 Å². The molecule has 0 bridgehead atoms. The zero-order chi connectivity index (χ0) is 20.3. The average Bonchev–Trinajstić information content (AvgIpc) is 3.00. The number of carbonyl (C=O) groups is 2. The monoisotopic (exact) mass is 380 g/mol. The van der Waals surface area contributed by atoms with E-state index in [1.807, 2.05) is 13.0 Å². The predicted octanol–water partition coefficient (Wildman–Crippen LogP) is 3.73. The van der Waals surface area contributed by atoms with Gasteiger partial charge in [-0.25, -0.2) is 4.79 Å². The third kappa shape index (κ3) is 7.97. The molecule has 5 heteroatoms. The summed E-state index contributed by atoms with van der Waals surface area (Å²) in [5.74, 6) is 0.0316. The van der Waals surface area contributed by atoms with Gasteiger partial charge in [-0.15, -0.1) is 6.58 Å². The number of Topliss-reactive ketones (excluding diaryl/α,β-unsaturated/α-hetero) is 1. The molecular weight excluding hydrogens is 344 g/mol. The highest BCUT2D eigenvalue weighted by molar-refractivity contribution is 5.83. The molecule has 0 heterocycles. The Balaban J connectivity index is 2.40. The molecule has 5 nitrogen and oxygen atoms in total. The standard InChI is InChI=1S/C22H36O5/c1-4-15-22(26,5-2)16-9-10-17-13-14-19(23)18(17)11-7-6-8-12-20(24)21(25)27-3/h5,9-10,17-18,20,24,26H,2,4,6-8,11-16H2,1,3H3/t17-,18+,20?,22?/m0/s1. The Morgan fingerprint density at radius 2 is 2.15 bits per heavy atom. The van der Waals surface area contributed by atoms with Crippen LogP contribution >= 0.6 is 0 Å². The van der Waals surface area contributed by atoms with Gasteiger partial charge in [-0.05, 0) is 38.0 Å². The van der Waals surface area contributed by atoms with Gasteiger partial charge in [-0.3, -0.25) is 4.79 Å². The number of aliphatic hydroxyl groups excluding tert-OH is 1. The van der Waals surface area contributed by atoms with Gasteiger partial charge in [0.25, 0.3) is 0 Å². The van der Waals surface area contributed by atoms with Crippen LogP contribution in [0, 0.1) is 11.8 Å². The molecule has 0 amide bonds. The Labute approximate surface area is 163 Å². The third-order valence-electron chi connectivity index (χ3n) is 5.54. The van der Waals surface area contributed by atoms with Crippen LogP contribution in [-0.4, -0.2) is 40.8 Å². The number of methoxy groups -OCH3 is 1. The zero-order valence-electron chi connectivity index (χ0n) is 16.9. The lowest BCUT2D eigenvalue weighted by molar-refractivity contribution is -0.150. The molecule has 0 aliphatic heterocycles. The summed E-state index contributed by atoms with van der Waals surface area (Å²) >= 11 is 0. The van der Waals surface area contributed by atoms with Crippen molar-refractivity contribution >= 4 is 11.8 Å². The summed E-state index contributed by atoms with van der Waals surface area (Å²) in [6.07, 6.45) is 12.0. The normalized spacial score (nSPS) is 23.3. The topological polar surface area (TPSA) is 83.8 Å². The van der Waals surface area contributed by atoms with Gasteiger partial charge in [0, 0.05) is 12.3 Å². The largest absolute Gasteiger partial charge is 0.467 e. The van der Waals surface area contributed by atoms with Crippen molar-refractivity contribution in [3.05, 3.63) is 24.8 Å². The molecule has 2 N–H and O–H groups in total. The van der Waals surface area contributed by atoms with Crippen molar-refractivity contribution in [2.45, 2.75) is 82.8 Å². The highest BCUT2D eigenvalue weighted by Crippen LogP contribution is 2.34. The molecule has 1 aliphatic carbocycles. The smallest absolute Gasteiger partial charge is 0.334 e. The van der Waals surface area contributed by atoms with Crippen LogP contribution < -0.4 is 0 Å². The van der Waals surface area contributed by atoms with E-state index in [9.17, 15) is 19.8 Å². The van der Waals surface area contributed by atoms with E-state index in [0.717, 1.165) is 38.5 Å². The van der Waals surface area contributed by atoms with E-state index in [1.54, 1.807) is 6.08 Å². The molecule has 0 aromatic rings. The van der Waals surface area contributed by atoms with Crippen molar-refractivity contribution in [2.24, 2.45) is 11.8 Å². The fourth-order valence-electron chi connectivity index (χ4n) is 3.84. The van der Waals surface area contributed by atoms with E-state index >= 15 is 0 Å². The molecular formula is C22H36O5. The SMILES string of the molecule is C=CC(O)(CC=C[C@H]1CCC(=O)[C@@H]1CCCCCC(O)C(=O)OC)CCC. The summed E-state index contributed by atoms with van der Waals surface area (Å²) in [5, 5.41) is 20.0. The highest BCUT2D eigenvalue weighted by Gasteiger charge is 2.32. The molecule has 0 saturated heterocycles. The van der Waals surface area contributed by atoms with Crippen molar-refractivity contribution in [3.63, 3.8) is 0 Å². The minimum atomic E-state index is -1.05. The fraction of sp³-hybridized carbons (Fsp3) is 0.727. The van der Waals surface area contributed by atoms with Crippen molar-refractivity contribution in [2.75, 3.05) is 7.11 Å². The van der Waals surface area contributed by atoms with E-state index in [2.05, 4.69) is 17.4 Å². The maximum atomic E-state index is 12.2. The van der Waals surface area contributed by atoms with Gasteiger partial charge in [-0.2, -0.15) is 0 Å². The molecule has 154 valence electrons. The van der Waals surface area contributed by atoms with Crippen LogP contribution in [0.3, 0.4) is 0 Å². The molecule has 1 fully saturated rings. The summed E-state index contributed by atoms with van der Waals surface area (Å²) in [6.45, 7) is 5.77. The van der Waals surface area contributed by atoms with Crippen LogP contribution in [0.1, 0.15) is 71.1 Å². The van der Waals surface area contributed by atoms with E-state index < -0.39 is 17.7 Å². The van der Waals surface area contributed by atoms with Gasteiger partial charge in [0.05, 0.1) is 12.7 Å². The second kappa shape index (κ2) is 12.1. The lowest BCUT2D eigenvalue weighted by Gasteiger charge is -2.22. The maximum Gasteiger partial charge on any atom is 0.334 e. The highest BCUT2D eigenvalue weighted by atomic mass is 16.5. The average molecular weight is 381 g/mol. The first-order chi connectivity index (χ1) is 12.9. The number of ether oxygens (including phenoxy) is 1. The second-order valence-electron chi connectivity index (χ2n) is 7.64. The fourth-order valence-corrected chi connectivity index (χ4v) is 3.84. The van der Waals surface area contributed by atoms with E-state index in [4.69, 9.17) is 0 Å². The van der Waals surface area contributed by atoms with Crippen LogP contribution in [0.5, 0.6) is 0 Å². The minimum Gasteiger partial charge on any atom is -0.467 e. The van der Waals surface area contributed by atoms with Crippen LogP contribution in [0.15, 0.2) is 24.8 Å². The Kier molecular flexibility index (Phi) is 10.6. The zero-order valence-corrected chi connectivity index (χ0v) is 16.9. The minimum absolute atomic E-state index is 0.0507. The predicted molar refractivity (Wildman–Crippen MR) is 106 cm³/mol. The van der Waals surface area contributed by atoms with E-state index in [1.165, 1.54) is 7.11 Å². The number of hydrogen-bond acceptors (Lipinski definition) is 5. The molecule has 1 rings (SSSR count). The summed E-state index contributed by atoms with van der Waals surface area (Å²) in [7, 11) is 1.27. The van der Waals surface area contributed by atoms with Crippen LogP contribution in [0.25, 0.3) is 0 Å². The first-order valence-corrected chi connectivity index (χ1v) is 10.2. The lowest BCUT2D eigenvalue weighted by Crippen LogP contribution is -2.24.